The molecule has 2 aromatic carbocycles. The van der Waals surface area contributed by atoms with Crippen LogP contribution in [0.1, 0.15) is 0 Å². The van der Waals surface area contributed by atoms with Crippen molar-refractivity contribution in [2.75, 3.05) is 7.11 Å². The molecule has 3 heteroatoms. The van der Waals surface area contributed by atoms with Crippen molar-refractivity contribution in [3.05, 3.63) is 48.5 Å². The van der Waals surface area contributed by atoms with Crippen LogP contribution in [0.2, 0.25) is 0 Å². The highest BCUT2D eigenvalue weighted by Crippen LogP contribution is 2.32. The van der Waals surface area contributed by atoms with Crippen molar-refractivity contribution in [3.8, 4) is 16.9 Å². The molecule has 0 amide bonds. The van der Waals surface area contributed by atoms with Crippen molar-refractivity contribution in [3.63, 3.8) is 0 Å². The molecule has 0 N–H and O–H groups in total. The molecule has 0 bridgehead atoms. The van der Waals surface area contributed by atoms with Crippen molar-refractivity contribution >= 4 is 11.8 Å². The summed E-state index contributed by atoms with van der Waals surface area (Å²) in [7, 11) is 1.54. The van der Waals surface area contributed by atoms with Crippen LogP contribution in [0.15, 0.2) is 53.5 Å². The summed E-state index contributed by atoms with van der Waals surface area (Å²) < 4.78 is 5.12. The number of nitrogens with zero attached hydrogens (tertiary/aromatic N) is 1. The van der Waals surface area contributed by atoms with Crippen molar-refractivity contribution < 1.29 is 9.53 Å². The van der Waals surface area contributed by atoms with Crippen LogP contribution < -0.4 is 4.74 Å². The van der Waals surface area contributed by atoms with Gasteiger partial charge < -0.3 is 4.74 Å². The highest BCUT2D eigenvalue weighted by molar-refractivity contribution is 5.71. The zero-order chi connectivity index (χ0) is 12.1. The van der Waals surface area contributed by atoms with Gasteiger partial charge in [0.2, 0.25) is 6.08 Å². The topological polar surface area (TPSA) is 38.7 Å². The zero-order valence-corrected chi connectivity index (χ0v) is 9.38. The fourth-order valence-electron chi connectivity index (χ4n) is 1.64. The number of methoxy groups -OCH3 is 1. The molecule has 0 atom stereocenters. The third-order valence-electron chi connectivity index (χ3n) is 2.45. The number of ether oxygens (including phenoxy) is 1. The first-order chi connectivity index (χ1) is 8.35. The van der Waals surface area contributed by atoms with Gasteiger partial charge in [0, 0.05) is 0 Å². The van der Waals surface area contributed by atoms with E-state index in [0.717, 1.165) is 11.1 Å². The van der Waals surface area contributed by atoms with Crippen LogP contribution in [0.4, 0.5) is 5.69 Å². The quantitative estimate of drug-likeness (QED) is 0.593. The summed E-state index contributed by atoms with van der Waals surface area (Å²) in [4.78, 5) is 14.0. The lowest BCUT2D eigenvalue weighted by molar-refractivity contribution is 0.416. The molecule has 17 heavy (non-hydrogen) atoms. The number of carbonyl (C=O) groups excluding carboxylic acids is 1. The van der Waals surface area contributed by atoms with Crippen LogP contribution in [0.25, 0.3) is 11.1 Å². The Morgan fingerprint density at radius 3 is 2.47 bits per heavy atom. The molecule has 0 aromatic heterocycles. The normalized spacial score (nSPS) is 9.47. The molecule has 3 nitrogen and oxygen atoms in total. The summed E-state index contributed by atoms with van der Waals surface area (Å²) >= 11 is 0. The van der Waals surface area contributed by atoms with Crippen LogP contribution in [0, 0.1) is 0 Å². The Labute approximate surface area is 99.4 Å². The molecule has 0 aliphatic carbocycles. The Hall–Kier alpha value is -2.38. The number of hydrogen-bond acceptors (Lipinski definition) is 3. The highest BCUT2D eigenvalue weighted by Gasteiger charge is 2.04. The first kappa shape index (κ1) is 11.1. The van der Waals surface area contributed by atoms with Crippen molar-refractivity contribution in [2.24, 2.45) is 4.99 Å². The van der Waals surface area contributed by atoms with Gasteiger partial charge in [-0.15, -0.1) is 0 Å². The Balaban J connectivity index is 2.51. The summed E-state index contributed by atoms with van der Waals surface area (Å²) in [6, 6.07) is 15.4. The molecule has 2 rings (SSSR count). The van der Waals surface area contributed by atoms with E-state index in [1.54, 1.807) is 19.2 Å². The van der Waals surface area contributed by atoms with Crippen LogP contribution >= 0.6 is 0 Å². The molecular weight excluding hydrogens is 214 g/mol. The Morgan fingerprint density at radius 2 is 1.82 bits per heavy atom. The van der Waals surface area contributed by atoms with Gasteiger partial charge in [-0.05, 0) is 23.3 Å². The molecule has 0 saturated heterocycles. The van der Waals surface area contributed by atoms with Gasteiger partial charge in [-0.1, -0.05) is 36.4 Å². The van der Waals surface area contributed by atoms with Crippen LogP contribution in [0.5, 0.6) is 5.75 Å². The van der Waals surface area contributed by atoms with E-state index in [4.69, 9.17) is 4.74 Å². The number of isocyanates is 1. The van der Waals surface area contributed by atoms with E-state index in [1.165, 1.54) is 6.08 Å². The van der Waals surface area contributed by atoms with Crippen molar-refractivity contribution in [1.82, 2.24) is 0 Å². The number of benzene rings is 2. The maximum atomic E-state index is 10.3. The second-order valence-electron chi connectivity index (χ2n) is 3.46. The summed E-state index contributed by atoms with van der Waals surface area (Å²) in [6.07, 6.45) is 1.53. The molecule has 0 spiro atoms. The van der Waals surface area contributed by atoms with Crippen LogP contribution in [-0.4, -0.2) is 13.2 Å². The monoisotopic (exact) mass is 225 g/mol. The lowest BCUT2D eigenvalue weighted by Crippen LogP contribution is -1.84. The molecule has 2 aromatic rings. The lowest BCUT2D eigenvalue weighted by atomic mass is 10.1. The summed E-state index contributed by atoms with van der Waals surface area (Å²) in [5.74, 6) is 0.563. The minimum atomic E-state index is 0.490. The summed E-state index contributed by atoms with van der Waals surface area (Å²) in [6.45, 7) is 0. The molecule has 0 radical (unpaired) electrons. The third kappa shape index (κ3) is 2.41. The van der Waals surface area contributed by atoms with E-state index in [0.29, 0.717) is 11.4 Å². The predicted octanol–water partition coefficient (Wildman–Crippen LogP) is 3.33. The van der Waals surface area contributed by atoms with E-state index >= 15 is 0 Å². The average Bonchev–Trinajstić information content (AvgIpc) is 2.40. The predicted molar refractivity (Wildman–Crippen MR) is 66.2 cm³/mol. The first-order valence-electron chi connectivity index (χ1n) is 5.16. The second-order valence-corrected chi connectivity index (χ2v) is 3.46. The van der Waals surface area contributed by atoms with Gasteiger partial charge in [0.25, 0.3) is 0 Å². The molecule has 0 unspecified atom stereocenters. The van der Waals surface area contributed by atoms with E-state index in [-0.39, 0.29) is 0 Å². The first-order valence-corrected chi connectivity index (χ1v) is 5.16. The lowest BCUT2D eigenvalue weighted by Gasteiger charge is -2.06. The zero-order valence-electron chi connectivity index (χ0n) is 9.38. The van der Waals surface area contributed by atoms with Crippen molar-refractivity contribution in [2.45, 2.75) is 0 Å². The van der Waals surface area contributed by atoms with Gasteiger partial charge in [0.1, 0.15) is 11.4 Å². The van der Waals surface area contributed by atoms with Gasteiger partial charge in [-0.2, -0.15) is 4.99 Å². The molecule has 0 heterocycles. The smallest absolute Gasteiger partial charge is 0.240 e. The van der Waals surface area contributed by atoms with E-state index in [9.17, 15) is 4.79 Å². The molecule has 0 saturated carbocycles. The van der Waals surface area contributed by atoms with Gasteiger partial charge in [-0.3, -0.25) is 0 Å². The second kappa shape index (κ2) is 5.10. The molecule has 0 aliphatic rings. The SMILES string of the molecule is COc1ccc(-c2ccccc2)cc1N=C=O. The minimum absolute atomic E-state index is 0.490. The fraction of sp³-hybridized carbons (Fsp3) is 0.0714. The van der Waals surface area contributed by atoms with Gasteiger partial charge in [-0.25, -0.2) is 4.79 Å². The van der Waals surface area contributed by atoms with Crippen molar-refractivity contribution in [1.29, 1.82) is 0 Å². The maximum Gasteiger partial charge on any atom is 0.240 e. The van der Waals surface area contributed by atoms with Gasteiger partial charge in [0.05, 0.1) is 7.11 Å². The highest BCUT2D eigenvalue weighted by atomic mass is 16.5. The molecule has 84 valence electrons. The Morgan fingerprint density at radius 1 is 1.06 bits per heavy atom. The molecule has 0 aliphatic heterocycles. The fourth-order valence-corrected chi connectivity index (χ4v) is 1.64. The van der Waals surface area contributed by atoms with Crippen LogP contribution in [-0.2, 0) is 4.79 Å². The largest absolute Gasteiger partial charge is 0.494 e. The molecule has 0 fully saturated rings. The number of hydrogen-bond donors (Lipinski definition) is 0. The standard InChI is InChI=1S/C14H11NO2/c1-17-14-8-7-12(9-13(14)15-10-16)11-5-3-2-4-6-11/h2-9H,1H3. The molecular formula is C14H11NO2. The number of rotatable bonds is 3. The number of aliphatic imine (C=N–C) groups is 1. The maximum absolute atomic E-state index is 10.3. The third-order valence-corrected chi connectivity index (χ3v) is 2.45. The summed E-state index contributed by atoms with van der Waals surface area (Å²) in [5, 5.41) is 0. The van der Waals surface area contributed by atoms with E-state index in [2.05, 4.69) is 4.99 Å². The Kier molecular flexibility index (Phi) is 3.34. The average molecular weight is 225 g/mol. The van der Waals surface area contributed by atoms with E-state index < -0.39 is 0 Å². The minimum Gasteiger partial charge on any atom is -0.494 e. The van der Waals surface area contributed by atoms with Crippen LogP contribution in [0.3, 0.4) is 0 Å². The van der Waals surface area contributed by atoms with Gasteiger partial charge in [0.15, 0.2) is 0 Å². The Bertz CT molecular complexity index is 558. The van der Waals surface area contributed by atoms with E-state index in [1.807, 2.05) is 36.4 Å². The van der Waals surface area contributed by atoms with Gasteiger partial charge >= 0.3 is 0 Å². The summed E-state index contributed by atoms with van der Waals surface area (Å²) in [5.41, 5.74) is 2.54.